The lowest BCUT2D eigenvalue weighted by atomic mass is 9.73. The number of carbonyl (C=O) groups is 3. The third-order valence-corrected chi connectivity index (χ3v) is 9.96. The summed E-state index contributed by atoms with van der Waals surface area (Å²) in [6.07, 6.45) is 6.24. The van der Waals surface area contributed by atoms with E-state index in [1.165, 1.54) is 0 Å². The van der Waals surface area contributed by atoms with Crippen LogP contribution in [-0.4, -0.2) is 46.4 Å². The third kappa shape index (κ3) is 4.34. The van der Waals surface area contributed by atoms with E-state index in [0.29, 0.717) is 22.5 Å². The molecule has 3 amide bonds. The average molecular weight is 562 g/mol. The van der Waals surface area contributed by atoms with E-state index in [9.17, 15) is 14.4 Å². The second-order valence-corrected chi connectivity index (χ2v) is 12.3. The average Bonchev–Trinajstić information content (AvgIpc) is 3.60. The number of ether oxygens (including phenoxy) is 1. The van der Waals surface area contributed by atoms with E-state index in [0.717, 1.165) is 24.8 Å². The van der Waals surface area contributed by atoms with Crippen LogP contribution in [0.15, 0.2) is 66.7 Å². The van der Waals surface area contributed by atoms with Gasteiger partial charge in [0.2, 0.25) is 17.7 Å². The lowest BCUT2D eigenvalue weighted by Crippen LogP contribution is -2.58. The van der Waals surface area contributed by atoms with Gasteiger partial charge in [0.25, 0.3) is 0 Å². The smallest absolute Gasteiger partial charge is 0.246 e. The monoisotopic (exact) mass is 561 g/mol. The zero-order valence-electron chi connectivity index (χ0n) is 23.0. The maximum Gasteiger partial charge on any atom is 0.246 e. The lowest BCUT2D eigenvalue weighted by molar-refractivity contribution is -0.144. The molecular formula is C32H36ClN3O4. The fourth-order valence-electron chi connectivity index (χ4n) is 7.32. The van der Waals surface area contributed by atoms with Crippen LogP contribution in [-0.2, 0) is 19.1 Å². The molecule has 6 rings (SSSR count). The predicted octanol–water partition coefficient (Wildman–Crippen LogP) is 5.13. The van der Waals surface area contributed by atoms with Crippen molar-refractivity contribution in [1.29, 1.82) is 0 Å². The maximum absolute atomic E-state index is 14.4. The van der Waals surface area contributed by atoms with Crippen molar-refractivity contribution < 1.29 is 19.1 Å². The first kappa shape index (κ1) is 27.0. The summed E-state index contributed by atoms with van der Waals surface area (Å²) >= 11 is 6.02. The molecule has 7 nitrogen and oxygen atoms in total. The highest BCUT2D eigenvalue weighted by atomic mass is 35.5. The fraction of sp³-hybridized carbons (Fsp3) is 0.469. The minimum Gasteiger partial charge on any atom is -0.359 e. The minimum absolute atomic E-state index is 0.0299. The molecule has 2 saturated heterocycles. The molecule has 2 aromatic rings. The Kier molecular flexibility index (Phi) is 6.99. The number of amides is 3. The van der Waals surface area contributed by atoms with Crippen LogP contribution in [0.3, 0.4) is 0 Å². The molecule has 1 aliphatic carbocycles. The minimum atomic E-state index is -1.21. The van der Waals surface area contributed by atoms with E-state index in [2.05, 4.69) is 24.5 Å². The van der Waals surface area contributed by atoms with Crippen molar-refractivity contribution in [2.24, 2.45) is 23.7 Å². The van der Waals surface area contributed by atoms with Gasteiger partial charge < -0.3 is 20.3 Å². The van der Waals surface area contributed by atoms with Crippen LogP contribution in [0.1, 0.15) is 51.6 Å². The number of fused-ring (bicyclic) bond motifs is 1. The Bertz CT molecular complexity index is 1330. The summed E-state index contributed by atoms with van der Waals surface area (Å²) in [5, 5.41) is 6.82. The number of nitrogens with one attached hydrogen (secondary N) is 2. The molecule has 4 aliphatic rings. The number of likely N-dealkylation sites (tertiary alicyclic amines) is 1. The van der Waals surface area contributed by atoms with Gasteiger partial charge >= 0.3 is 0 Å². The molecule has 2 bridgehead atoms. The molecular weight excluding hydrogens is 526 g/mol. The Labute approximate surface area is 240 Å². The largest absolute Gasteiger partial charge is 0.359 e. The molecule has 3 fully saturated rings. The molecule has 40 heavy (non-hydrogen) atoms. The van der Waals surface area contributed by atoms with Crippen LogP contribution in [0.4, 0.5) is 5.69 Å². The lowest BCUT2D eigenvalue weighted by Gasteiger charge is -2.39. The second kappa shape index (κ2) is 10.3. The molecule has 1 saturated carbocycles. The van der Waals surface area contributed by atoms with Crippen molar-refractivity contribution >= 4 is 35.0 Å². The molecule has 210 valence electrons. The normalized spacial score (nSPS) is 35.0. The molecule has 1 spiro atoms. The van der Waals surface area contributed by atoms with E-state index < -0.39 is 29.6 Å². The number of benzene rings is 2. The van der Waals surface area contributed by atoms with E-state index in [1.54, 1.807) is 29.2 Å². The van der Waals surface area contributed by atoms with Gasteiger partial charge in [0.05, 0.1) is 24.0 Å². The topological polar surface area (TPSA) is 87.7 Å². The predicted molar refractivity (Wildman–Crippen MR) is 153 cm³/mol. The Morgan fingerprint density at radius 2 is 1.77 bits per heavy atom. The number of hydrogen-bond acceptors (Lipinski definition) is 4. The molecule has 8 heteroatoms. The summed E-state index contributed by atoms with van der Waals surface area (Å²) in [5.41, 5.74) is 0.302. The Balaban J connectivity index is 1.35. The van der Waals surface area contributed by atoms with Crippen molar-refractivity contribution in [3.8, 4) is 0 Å². The van der Waals surface area contributed by atoms with E-state index >= 15 is 0 Å². The van der Waals surface area contributed by atoms with Gasteiger partial charge in [0.15, 0.2) is 0 Å². The highest BCUT2D eigenvalue weighted by molar-refractivity contribution is 6.30. The van der Waals surface area contributed by atoms with Gasteiger partial charge in [-0.2, -0.15) is 0 Å². The second-order valence-electron chi connectivity index (χ2n) is 11.9. The Hall–Kier alpha value is -3.16. The van der Waals surface area contributed by atoms with E-state index in [-0.39, 0.29) is 29.8 Å². The van der Waals surface area contributed by atoms with Gasteiger partial charge in [-0.15, -0.1) is 0 Å². The summed E-state index contributed by atoms with van der Waals surface area (Å²) in [5.74, 6) is -1.48. The molecule has 0 unspecified atom stereocenters. The molecule has 9 atom stereocenters. The summed E-state index contributed by atoms with van der Waals surface area (Å²) in [6, 6.07) is 15.3. The number of nitrogens with zero attached hydrogens (tertiary/aromatic N) is 1. The van der Waals surface area contributed by atoms with E-state index in [4.69, 9.17) is 16.3 Å². The summed E-state index contributed by atoms with van der Waals surface area (Å²) < 4.78 is 6.52. The van der Waals surface area contributed by atoms with Gasteiger partial charge in [0, 0.05) is 16.8 Å². The van der Waals surface area contributed by atoms with E-state index in [1.807, 2.05) is 49.4 Å². The molecule has 2 aromatic carbocycles. The molecule has 0 aromatic heterocycles. The zero-order chi connectivity index (χ0) is 28.2. The number of carbonyl (C=O) groups excluding carboxylic acids is 3. The summed E-state index contributed by atoms with van der Waals surface area (Å²) in [7, 11) is 0. The first-order valence-electron chi connectivity index (χ1n) is 14.3. The van der Waals surface area contributed by atoms with Gasteiger partial charge in [0.1, 0.15) is 11.6 Å². The van der Waals surface area contributed by atoms with Crippen molar-refractivity contribution in [2.45, 2.75) is 69.9 Å². The quantitative estimate of drug-likeness (QED) is 0.479. The van der Waals surface area contributed by atoms with Gasteiger partial charge in [-0.1, -0.05) is 80.8 Å². The van der Waals surface area contributed by atoms with Crippen molar-refractivity contribution in [2.75, 3.05) is 5.32 Å². The standard InChI is InChI=1S/C32H36ClN3O4/c1-18-8-7-11-24(19(18)2)35-30(38)28-32-17-16-25(40-32)26(29(37)34-23-14-12-22(33)13-15-23)27(32)31(39)36(28)20(3)21-9-5-4-6-10-21/h4-6,9-10,12-20,24-28H,7-8,11H2,1-3H3,(H,34,37)(H,35,38)/t18-,19+,20-,24+,25-,26-,27-,28+,32+/m1/s1. The molecule has 2 N–H and O–H groups in total. The number of rotatable bonds is 6. The van der Waals surface area contributed by atoms with Crippen LogP contribution in [0, 0.1) is 23.7 Å². The van der Waals surface area contributed by atoms with Gasteiger partial charge in [-0.25, -0.2) is 0 Å². The van der Waals surface area contributed by atoms with Crippen molar-refractivity contribution in [3.05, 3.63) is 77.3 Å². The zero-order valence-corrected chi connectivity index (χ0v) is 23.8. The number of hydrogen-bond donors (Lipinski definition) is 2. The van der Waals surface area contributed by atoms with Crippen LogP contribution < -0.4 is 10.6 Å². The number of halogens is 1. The highest BCUT2D eigenvalue weighted by Crippen LogP contribution is 2.56. The van der Waals surface area contributed by atoms with Crippen molar-refractivity contribution in [1.82, 2.24) is 10.2 Å². The summed E-state index contributed by atoms with van der Waals surface area (Å²) in [6.45, 7) is 6.36. The third-order valence-electron chi connectivity index (χ3n) is 9.71. The first-order chi connectivity index (χ1) is 19.2. The van der Waals surface area contributed by atoms with Crippen LogP contribution in [0.25, 0.3) is 0 Å². The van der Waals surface area contributed by atoms with Crippen LogP contribution in [0.5, 0.6) is 0 Å². The molecule has 3 aliphatic heterocycles. The number of anilines is 1. The maximum atomic E-state index is 14.4. The van der Waals surface area contributed by atoms with Crippen LogP contribution in [0.2, 0.25) is 5.02 Å². The van der Waals surface area contributed by atoms with Crippen LogP contribution >= 0.6 is 11.6 Å². The Morgan fingerprint density at radius 3 is 2.50 bits per heavy atom. The summed E-state index contributed by atoms with van der Waals surface area (Å²) in [4.78, 5) is 43.9. The highest BCUT2D eigenvalue weighted by Gasteiger charge is 2.73. The SMILES string of the molecule is C[C@H]1[C@H](C)CCC[C@@H]1NC(=O)[C@@H]1N([C@H](C)c2ccccc2)C(=O)[C@H]2[C@H](C(=O)Nc3ccc(Cl)cc3)[C@H]3C=C[C@@]12O3. The fourth-order valence-corrected chi connectivity index (χ4v) is 7.45. The first-order valence-corrected chi connectivity index (χ1v) is 14.7. The van der Waals surface area contributed by atoms with Crippen molar-refractivity contribution in [3.63, 3.8) is 0 Å². The van der Waals surface area contributed by atoms with Gasteiger partial charge in [-0.05, 0) is 55.0 Å². The Morgan fingerprint density at radius 1 is 1.05 bits per heavy atom. The van der Waals surface area contributed by atoms with Gasteiger partial charge in [-0.3, -0.25) is 14.4 Å². The molecule has 3 heterocycles. The molecule has 0 radical (unpaired) electrons.